The van der Waals surface area contributed by atoms with Gasteiger partial charge in [-0.05, 0) is 68.3 Å². The summed E-state index contributed by atoms with van der Waals surface area (Å²) in [6.45, 7) is 6.88. The maximum Gasteiger partial charge on any atom is 0.255 e. The summed E-state index contributed by atoms with van der Waals surface area (Å²) in [6, 6.07) is 11.5. The Bertz CT molecular complexity index is 627. The normalized spacial score (nSPS) is 10.3. The Hall–Kier alpha value is -1.81. The number of halogens is 1. The quantitative estimate of drug-likeness (QED) is 0.838. The summed E-state index contributed by atoms with van der Waals surface area (Å²) in [5.74, 6) is -0.0911. The largest absolute Gasteiger partial charge is 0.385 e. The van der Waals surface area contributed by atoms with Crippen LogP contribution in [0.4, 0.5) is 11.4 Å². The summed E-state index contributed by atoms with van der Waals surface area (Å²) in [4.78, 5) is 12.3. The number of benzene rings is 2. The van der Waals surface area contributed by atoms with Gasteiger partial charge in [-0.25, -0.2) is 0 Å². The van der Waals surface area contributed by atoms with Crippen LogP contribution in [0.5, 0.6) is 0 Å². The number of nitrogens with one attached hydrogen (secondary N) is 2. The first kappa shape index (κ1) is 15.6. The lowest BCUT2D eigenvalue weighted by Crippen LogP contribution is -2.13. The fraction of sp³-hybridized carbons (Fsp3) is 0.235. The lowest BCUT2D eigenvalue weighted by Gasteiger charge is -2.12. The van der Waals surface area contributed by atoms with E-state index in [9.17, 15) is 4.79 Å². The fourth-order valence-corrected chi connectivity index (χ4v) is 2.92. The molecular formula is C17H19BrN2O. The molecule has 0 saturated carbocycles. The van der Waals surface area contributed by atoms with Gasteiger partial charge in [-0.3, -0.25) is 4.79 Å². The number of rotatable bonds is 4. The second-order valence-electron chi connectivity index (χ2n) is 4.98. The molecule has 0 fully saturated rings. The maximum absolute atomic E-state index is 12.3. The van der Waals surface area contributed by atoms with Gasteiger partial charge in [0.25, 0.3) is 5.91 Å². The first-order valence-corrected chi connectivity index (χ1v) is 7.72. The SMILES string of the molecule is CCNc1ccc(C(=O)Nc2c(C)cc(Br)cc2C)cc1. The molecular weight excluding hydrogens is 328 g/mol. The zero-order valence-electron chi connectivity index (χ0n) is 12.5. The highest BCUT2D eigenvalue weighted by atomic mass is 79.9. The molecule has 0 atom stereocenters. The van der Waals surface area contributed by atoms with E-state index in [-0.39, 0.29) is 5.91 Å². The minimum absolute atomic E-state index is 0.0911. The van der Waals surface area contributed by atoms with Gasteiger partial charge in [0.2, 0.25) is 0 Å². The molecule has 2 aromatic carbocycles. The monoisotopic (exact) mass is 346 g/mol. The van der Waals surface area contributed by atoms with Crippen molar-refractivity contribution in [2.45, 2.75) is 20.8 Å². The molecule has 0 aliphatic heterocycles. The zero-order chi connectivity index (χ0) is 15.4. The van der Waals surface area contributed by atoms with Crippen molar-refractivity contribution < 1.29 is 4.79 Å². The average Bonchev–Trinajstić information content (AvgIpc) is 2.43. The van der Waals surface area contributed by atoms with Gasteiger partial charge in [0.05, 0.1) is 0 Å². The van der Waals surface area contributed by atoms with Gasteiger partial charge in [0.1, 0.15) is 0 Å². The highest BCUT2D eigenvalue weighted by Gasteiger charge is 2.10. The van der Waals surface area contributed by atoms with Crippen molar-refractivity contribution in [3.8, 4) is 0 Å². The van der Waals surface area contributed by atoms with E-state index in [0.29, 0.717) is 5.56 Å². The van der Waals surface area contributed by atoms with E-state index in [2.05, 4.69) is 26.6 Å². The highest BCUT2D eigenvalue weighted by molar-refractivity contribution is 9.10. The van der Waals surface area contributed by atoms with Crippen molar-refractivity contribution in [2.24, 2.45) is 0 Å². The third kappa shape index (κ3) is 3.85. The van der Waals surface area contributed by atoms with Gasteiger partial charge in [0, 0.05) is 28.0 Å². The Morgan fingerprint density at radius 3 is 2.19 bits per heavy atom. The molecule has 0 unspecified atom stereocenters. The average molecular weight is 347 g/mol. The molecule has 2 rings (SSSR count). The van der Waals surface area contributed by atoms with Crippen molar-refractivity contribution in [2.75, 3.05) is 17.2 Å². The first-order chi connectivity index (χ1) is 10.0. The molecule has 3 nitrogen and oxygen atoms in total. The standard InChI is InChI=1S/C17H19BrN2O/c1-4-19-15-7-5-13(6-8-15)17(21)20-16-11(2)9-14(18)10-12(16)3/h5-10,19H,4H2,1-3H3,(H,20,21). The number of hydrogen-bond donors (Lipinski definition) is 2. The number of amides is 1. The predicted octanol–water partition coefficient (Wildman–Crippen LogP) is 4.75. The molecule has 0 radical (unpaired) electrons. The summed E-state index contributed by atoms with van der Waals surface area (Å²) >= 11 is 3.46. The van der Waals surface area contributed by atoms with E-state index >= 15 is 0 Å². The molecule has 0 aliphatic carbocycles. The zero-order valence-corrected chi connectivity index (χ0v) is 14.0. The number of carbonyl (C=O) groups is 1. The van der Waals surface area contributed by atoms with Gasteiger partial charge >= 0.3 is 0 Å². The molecule has 0 heterocycles. The van der Waals surface area contributed by atoms with Crippen molar-refractivity contribution in [1.82, 2.24) is 0 Å². The van der Waals surface area contributed by atoms with Crippen LogP contribution >= 0.6 is 15.9 Å². The predicted molar refractivity (Wildman–Crippen MR) is 92.2 cm³/mol. The van der Waals surface area contributed by atoms with Gasteiger partial charge in [-0.1, -0.05) is 15.9 Å². The molecule has 2 N–H and O–H groups in total. The molecule has 1 amide bonds. The summed E-state index contributed by atoms with van der Waals surface area (Å²) in [5.41, 5.74) is 4.63. The Balaban J connectivity index is 2.18. The van der Waals surface area contributed by atoms with E-state index in [1.807, 2.05) is 57.2 Å². The second kappa shape index (κ2) is 6.76. The molecule has 4 heteroatoms. The summed E-state index contributed by atoms with van der Waals surface area (Å²) in [5, 5.41) is 6.20. The van der Waals surface area contributed by atoms with Crippen LogP contribution in [-0.4, -0.2) is 12.5 Å². The van der Waals surface area contributed by atoms with Crippen molar-refractivity contribution in [3.05, 3.63) is 57.6 Å². The third-order valence-corrected chi connectivity index (χ3v) is 3.72. The molecule has 0 saturated heterocycles. The summed E-state index contributed by atoms with van der Waals surface area (Å²) in [7, 11) is 0. The van der Waals surface area contributed by atoms with Gasteiger partial charge in [0.15, 0.2) is 0 Å². The molecule has 110 valence electrons. The Morgan fingerprint density at radius 1 is 1.10 bits per heavy atom. The minimum atomic E-state index is -0.0911. The summed E-state index contributed by atoms with van der Waals surface area (Å²) in [6.07, 6.45) is 0. The smallest absolute Gasteiger partial charge is 0.255 e. The first-order valence-electron chi connectivity index (χ1n) is 6.93. The van der Waals surface area contributed by atoms with Crippen LogP contribution in [0.15, 0.2) is 40.9 Å². The number of carbonyl (C=O) groups excluding carboxylic acids is 1. The highest BCUT2D eigenvalue weighted by Crippen LogP contribution is 2.25. The number of aryl methyl sites for hydroxylation is 2. The van der Waals surface area contributed by atoms with E-state index in [0.717, 1.165) is 33.5 Å². The van der Waals surface area contributed by atoms with Crippen molar-refractivity contribution in [3.63, 3.8) is 0 Å². The van der Waals surface area contributed by atoms with Gasteiger partial charge < -0.3 is 10.6 Å². The third-order valence-electron chi connectivity index (χ3n) is 3.26. The van der Waals surface area contributed by atoms with Crippen LogP contribution in [0.25, 0.3) is 0 Å². The molecule has 0 aromatic heterocycles. The Morgan fingerprint density at radius 2 is 1.67 bits per heavy atom. The molecule has 0 aliphatic rings. The lowest BCUT2D eigenvalue weighted by molar-refractivity contribution is 0.102. The van der Waals surface area contributed by atoms with E-state index in [4.69, 9.17) is 0 Å². The van der Waals surface area contributed by atoms with Crippen LogP contribution in [-0.2, 0) is 0 Å². The Labute approximate surface area is 133 Å². The molecule has 0 bridgehead atoms. The van der Waals surface area contributed by atoms with E-state index < -0.39 is 0 Å². The second-order valence-corrected chi connectivity index (χ2v) is 5.89. The topological polar surface area (TPSA) is 41.1 Å². The molecule has 21 heavy (non-hydrogen) atoms. The maximum atomic E-state index is 12.3. The number of anilines is 2. The Kier molecular flexibility index (Phi) is 5.02. The van der Waals surface area contributed by atoms with Crippen LogP contribution in [0.1, 0.15) is 28.4 Å². The minimum Gasteiger partial charge on any atom is -0.385 e. The van der Waals surface area contributed by atoms with Crippen molar-refractivity contribution in [1.29, 1.82) is 0 Å². The van der Waals surface area contributed by atoms with E-state index in [1.54, 1.807) is 0 Å². The van der Waals surface area contributed by atoms with Gasteiger partial charge in [-0.15, -0.1) is 0 Å². The molecule has 2 aromatic rings. The van der Waals surface area contributed by atoms with Crippen LogP contribution < -0.4 is 10.6 Å². The lowest BCUT2D eigenvalue weighted by atomic mass is 10.1. The number of hydrogen-bond acceptors (Lipinski definition) is 2. The van der Waals surface area contributed by atoms with Gasteiger partial charge in [-0.2, -0.15) is 0 Å². The summed E-state index contributed by atoms with van der Waals surface area (Å²) < 4.78 is 1.02. The van der Waals surface area contributed by atoms with Crippen molar-refractivity contribution >= 4 is 33.2 Å². The molecule has 0 spiro atoms. The fourth-order valence-electron chi connectivity index (χ4n) is 2.24. The van der Waals surface area contributed by atoms with E-state index in [1.165, 1.54) is 0 Å². The van der Waals surface area contributed by atoms with Crippen LogP contribution in [0, 0.1) is 13.8 Å². The van der Waals surface area contributed by atoms with Crippen LogP contribution in [0.3, 0.4) is 0 Å². The van der Waals surface area contributed by atoms with Crippen LogP contribution in [0.2, 0.25) is 0 Å².